The van der Waals surface area contributed by atoms with Crippen LogP contribution in [0.15, 0.2) is 42.5 Å². The molecular weight excluding hydrogens is 382 g/mol. The van der Waals surface area contributed by atoms with Crippen LogP contribution in [-0.4, -0.2) is 71.6 Å². The van der Waals surface area contributed by atoms with Crippen molar-refractivity contribution >= 4 is 22.6 Å². The van der Waals surface area contributed by atoms with Gasteiger partial charge in [-0.15, -0.1) is 0 Å². The smallest absolute Gasteiger partial charge is 0.238 e. The molecule has 1 saturated heterocycles. The Hall–Kier alpha value is -3.10. The first-order chi connectivity index (χ1) is 14.7. The normalized spacial score (nSPS) is 17.2. The maximum absolute atomic E-state index is 12.5. The summed E-state index contributed by atoms with van der Waals surface area (Å²) in [7, 11) is 0. The summed E-state index contributed by atoms with van der Waals surface area (Å²) in [6.45, 7) is 5.80. The number of anilines is 1. The third kappa shape index (κ3) is 4.24. The number of amides is 1. The Morgan fingerprint density at radius 2 is 1.77 bits per heavy atom. The van der Waals surface area contributed by atoms with Gasteiger partial charge in [-0.05, 0) is 24.3 Å². The number of ether oxygens (including phenoxy) is 2. The van der Waals surface area contributed by atoms with Crippen molar-refractivity contribution in [1.29, 1.82) is 0 Å². The molecule has 0 bridgehead atoms. The molecule has 0 radical (unpaired) electrons. The monoisotopic (exact) mass is 407 g/mol. The van der Waals surface area contributed by atoms with Gasteiger partial charge in [0, 0.05) is 37.9 Å². The fourth-order valence-electron chi connectivity index (χ4n) is 3.92. The van der Waals surface area contributed by atoms with Crippen molar-refractivity contribution in [3.05, 3.63) is 48.3 Å². The molecule has 1 amide bonds. The van der Waals surface area contributed by atoms with Crippen molar-refractivity contribution in [3.8, 4) is 11.5 Å². The molecule has 8 nitrogen and oxygen atoms in total. The SMILES string of the molecule is O=C(CN1CCN(Cc2nc3ccccc3[nH]2)CC1)Nc1ccc2c(c1)OCCO2. The number of fused-ring (bicyclic) bond motifs is 2. The minimum atomic E-state index is -0.0163. The maximum Gasteiger partial charge on any atom is 0.238 e. The number of para-hydroxylation sites is 2. The van der Waals surface area contributed by atoms with Gasteiger partial charge >= 0.3 is 0 Å². The van der Waals surface area contributed by atoms with Crippen molar-refractivity contribution in [2.45, 2.75) is 6.54 Å². The number of H-pyrrole nitrogens is 1. The predicted octanol–water partition coefficient (Wildman–Crippen LogP) is 2.09. The summed E-state index contributed by atoms with van der Waals surface area (Å²) in [5, 5.41) is 2.96. The molecule has 2 aliphatic heterocycles. The molecule has 0 aliphatic carbocycles. The lowest BCUT2D eigenvalue weighted by molar-refractivity contribution is -0.117. The molecule has 2 aliphatic rings. The Balaban J connectivity index is 1.10. The zero-order valence-corrected chi connectivity index (χ0v) is 16.8. The van der Waals surface area contributed by atoms with Crippen LogP contribution in [0.25, 0.3) is 11.0 Å². The van der Waals surface area contributed by atoms with E-state index < -0.39 is 0 Å². The standard InChI is InChI=1S/C22H25N5O3/c28-22(23-16-5-6-19-20(13-16)30-12-11-29-19)15-27-9-7-26(8-10-27)14-21-24-17-3-1-2-4-18(17)25-21/h1-6,13H,7-12,14-15H2,(H,23,28)(H,24,25). The Bertz CT molecular complexity index is 1010. The van der Waals surface area contributed by atoms with Gasteiger partial charge in [0.05, 0.1) is 24.1 Å². The lowest BCUT2D eigenvalue weighted by Gasteiger charge is -2.33. The Kier molecular flexibility index (Phi) is 5.25. The number of aromatic nitrogens is 2. The van der Waals surface area contributed by atoms with Crippen LogP contribution >= 0.6 is 0 Å². The number of aromatic amines is 1. The third-order valence-electron chi connectivity index (χ3n) is 5.47. The molecule has 2 N–H and O–H groups in total. The molecule has 2 aromatic carbocycles. The van der Waals surface area contributed by atoms with Gasteiger partial charge in [0.15, 0.2) is 11.5 Å². The summed E-state index contributed by atoms with van der Waals surface area (Å²) >= 11 is 0. The minimum absolute atomic E-state index is 0.0163. The minimum Gasteiger partial charge on any atom is -0.486 e. The summed E-state index contributed by atoms with van der Waals surface area (Å²) in [6, 6.07) is 13.6. The highest BCUT2D eigenvalue weighted by atomic mass is 16.6. The molecule has 8 heteroatoms. The van der Waals surface area contributed by atoms with Crippen LogP contribution in [0, 0.1) is 0 Å². The molecule has 156 valence electrons. The highest BCUT2D eigenvalue weighted by Gasteiger charge is 2.20. The predicted molar refractivity (Wildman–Crippen MR) is 114 cm³/mol. The average molecular weight is 407 g/mol. The van der Waals surface area contributed by atoms with Gasteiger partial charge in [0.25, 0.3) is 0 Å². The lowest BCUT2D eigenvalue weighted by Crippen LogP contribution is -2.48. The number of hydrogen-bond acceptors (Lipinski definition) is 6. The van der Waals surface area contributed by atoms with E-state index in [4.69, 9.17) is 9.47 Å². The first kappa shape index (κ1) is 18.9. The van der Waals surface area contributed by atoms with E-state index in [-0.39, 0.29) is 5.91 Å². The van der Waals surface area contributed by atoms with E-state index in [9.17, 15) is 4.79 Å². The first-order valence-corrected chi connectivity index (χ1v) is 10.3. The second-order valence-electron chi connectivity index (χ2n) is 7.66. The summed E-state index contributed by atoms with van der Waals surface area (Å²) in [4.78, 5) is 25.1. The molecule has 1 fully saturated rings. The second-order valence-corrected chi connectivity index (χ2v) is 7.66. The highest BCUT2D eigenvalue weighted by molar-refractivity contribution is 5.92. The molecule has 3 aromatic rings. The first-order valence-electron chi connectivity index (χ1n) is 10.3. The fourth-order valence-corrected chi connectivity index (χ4v) is 3.92. The van der Waals surface area contributed by atoms with Gasteiger partial charge < -0.3 is 19.8 Å². The number of nitrogens with one attached hydrogen (secondary N) is 2. The zero-order chi connectivity index (χ0) is 20.3. The van der Waals surface area contributed by atoms with Gasteiger partial charge in [0.1, 0.15) is 19.0 Å². The van der Waals surface area contributed by atoms with E-state index in [1.807, 2.05) is 42.5 Å². The third-order valence-corrected chi connectivity index (χ3v) is 5.47. The van der Waals surface area contributed by atoms with Crippen molar-refractivity contribution in [2.24, 2.45) is 0 Å². The second kappa shape index (κ2) is 8.33. The van der Waals surface area contributed by atoms with Gasteiger partial charge in [-0.25, -0.2) is 4.98 Å². The summed E-state index contributed by atoms with van der Waals surface area (Å²) < 4.78 is 11.1. The molecule has 0 spiro atoms. The fraction of sp³-hybridized carbons (Fsp3) is 0.364. The summed E-state index contributed by atoms with van der Waals surface area (Å²) in [5.41, 5.74) is 2.80. The number of nitrogens with zero attached hydrogens (tertiary/aromatic N) is 3. The number of carbonyl (C=O) groups excluding carboxylic acids is 1. The molecule has 3 heterocycles. The van der Waals surface area contributed by atoms with Crippen LogP contribution < -0.4 is 14.8 Å². The van der Waals surface area contributed by atoms with Crippen LogP contribution in [0.3, 0.4) is 0 Å². The lowest BCUT2D eigenvalue weighted by atomic mass is 10.2. The van der Waals surface area contributed by atoms with Gasteiger partial charge in [-0.3, -0.25) is 14.6 Å². The zero-order valence-electron chi connectivity index (χ0n) is 16.8. The number of rotatable bonds is 5. The molecule has 0 saturated carbocycles. The molecule has 5 rings (SSSR count). The van der Waals surface area contributed by atoms with E-state index in [0.29, 0.717) is 25.5 Å². The highest BCUT2D eigenvalue weighted by Crippen LogP contribution is 2.32. The van der Waals surface area contributed by atoms with Crippen molar-refractivity contribution < 1.29 is 14.3 Å². The average Bonchev–Trinajstić information content (AvgIpc) is 3.17. The molecular formula is C22H25N5O3. The molecule has 0 atom stereocenters. The van der Waals surface area contributed by atoms with Crippen molar-refractivity contribution in [1.82, 2.24) is 19.8 Å². The topological polar surface area (TPSA) is 82.7 Å². The van der Waals surface area contributed by atoms with Crippen molar-refractivity contribution in [3.63, 3.8) is 0 Å². The Morgan fingerprint density at radius 3 is 2.60 bits per heavy atom. The van der Waals surface area contributed by atoms with Gasteiger partial charge in [0.2, 0.25) is 5.91 Å². The van der Waals surface area contributed by atoms with E-state index in [0.717, 1.165) is 61.0 Å². The van der Waals surface area contributed by atoms with E-state index in [1.54, 1.807) is 0 Å². The van der Waals surface area contributed by atoms with Crippen LogP contribution in [0.2, 0.25) is 0 Å². The quantitative estimate of drug-likeness (QED) is 0.674. The Labute approximate surface area is 174 Å². The molecule has 0 unspecified atom stereocenters. The number of carbonyl (C=O) groups is 1. The van der Waals surface area contributed by atoms with Gasteiger partial charge in [-0.1, -0.05) is 12.1 Å². The summed E-state index contributed by atoms with van der Waals surface area (Å²) in [6.07, 6.45) is 0. The van der Waals surface area contributed by atoms with E-state index in [2.05, 4.69) is 25.1 Å². The number of hydrogen-bond donors (Lipinski definition) is 2. The molecule has 1 aromatic heterocycles. The van der Waals surface area contributed by atoms with Crippen LogP contribution in [0.5, 0.6) is 11.5 Å². The van der Waals surface area contributed by atoms with E-state index >= 15 is 0 Å². The molecule has 30 heavy (non-hydrogen) atoms. The number of piperazine rings is 1. The largest absolute Gasteiger partial charge is 0.486 e. The van der Waals surface area contributed by atoms with Crippen LogP contribution in [0.4, 0.5) is 5.69 Å². The van der Waals surface area contributed by atoms with Crippen LogP contribution in [0.1, 0.15) is 5.82 Å². The maximum atomic E-state index is 12.5. The van der Waals surface area contributed by atoms with Crippen LogP contribution in [-0.2, 0) is 11.3 Å². The van der Waals surface area contributed by atoms with Crippen molar-refractivity contribution in [2.75, 3.05) is 51.3 Å². The number of imidazole rings is 1. The van der Waals surface area contributed by atoms with Gasteiger partial charge in [-0.2, -0.15) is 0 Å². The summed E-state index contributed by atoms with van der Waals surface area (Å²) in [5.74, 6) is 2.37. The number of benzene rings is 2. The Morgan fingerprint density at radius 1 is 1.00 bits per heavy atom. The van der Waals surface area contributed by atoms with E-state index in [1.165, 1.54) is 0 Å².